The highest BCUT2D eigenvalue weighted by molar-refractivity contribution is 6.03. The lowest BCUT2D eigenvalue weighted by Crippen LogP contribution is -2.14. The van der Waals surface area contributed by atoms with E-state index in [0.717, 1.165) is 5.75 Å². The Morgan fingerprint density at radius 3 is 2.56 bits per heavy atom. The molecule has 1 heterocycles. The molecule has 3 aromatic rings. The van der Waals surface area contributed by atoms with Crippen molar-refractivity contribution in [3.05, 3.63) is 66.5 Å². The van der Waals surface area contributed by atoms with Gasteiger partial charge < -0.3 is 19.9 Å². The number of carbonyl (C=O) groups is 1. The number of anilines is 1. The molecule has 2 N–H and O–H groups in total. The molecule has 0 saturated carbocycles. The van der Waals surface area contributed by atoms with Gasteiger partial charge in [-0.3, -0.25) is 4.79 Å². The van der Waals surface area contributed by atoms with E-state index in [9.17, 15) is 9.90 Å². The van der Waals surface area contributed by atoms with Crippen molar-refractivity contribution in [2.75, 3.05) is 12.4 Å². The Hall–Kier alpha value is -3.48. The number of hydrogen-bond donors (Lipinski definition) is 2. The van der Waals surface area contributed by atoms with Gasteiger partial charge in [-0.1, -0.05) is 12.1 Å². The van der Waals surface area contributed by atoms with Crippen LogP contribution in [0.5, 0.6) is 17.2 Å². The number of para-hydroxylation sites is 2. The highest BCUT2D eigenvalue weighted by atomic mass is 16.5. The van der Waals surface area contributed by atoms with Gasteiger partial charge in [-0.25, -0.2) is 4.68 Å². The van der Waals surface area contributed by atoms with E-state index in [2.05, 4.69) is 10.4 Å². The van der Waals surface area contributed by atoms with Gasteiger partial charge in [0.15, 0.2) is 12.4 Å². The molecule has 1 aromatic heterocycles. The minimum atomic E-state index is -0.412. The molecule has 0 aliphatic heterocycles. The molecule has 2 aromatic carbocycles. The number of benzene rings is 2. The van der Waals surface area contributed by atoms with E-state index in [4.69, 9.17) is 9.47 Å². The third-order valence-electron chi connectivity index (χ3n) is 3.45. The molecule has 7 heteroatoms. The third kappa shape index (κ3) is 4.08. The standard InChI is InChI=1S/C18H17N3O4/c1-24-13-6-8-14(9-7-13)25-12-21-11-10-16(20-21)18(23)19-15-4-2-3-5-17(15)22/h2-11,22H,12H2,1H3,(H,19,23). The van der Waals surface area contributed by atoms with Crippen molar-refractivity contribution < 1.29 is 19.4 Å². The first-order valence-electron chi connectivity index (χ1n) is 7.55. The van der Waals surface area contributed by atoms with E-state index in [1.807, 2.05) is 0 Å². The van der Waals surface area contributed by atoms with Crippen molar-refractivity contribution in [1.82, 2.24) is 9.78 Å². The second kappa shape index (κ2) is 7.39. The summed E-state index contributed by atoms with van der Waals surface area (Å²) in [5.74, 6) is 0.994. The fourth-order valence-corrected chi connectivity index (χ4v) is 2.13. The minimum absolute atomic E-state index is 0.00174. The summed E-state index contributed by atoms with van der Waals surface area (Å²) in [7, 11) is 1.60. The van der Waals surface area contributed by atoms with Crippen LogP contribution in [-0.4, -0.2) is 27.9 Å². The van der Waals surface area contributed by atoms with Gasteiger partial charge in [-0.05, 0) is 42.5 Å². The van der Waals surface area contributed by atoms with Crippen LogP contribution >= 0.6 is 0 Å². The zero-order valence-electron chi connectivity index (χ0n) is 13.5. The number of nitrogens with one attached hydrogen (secondary N) is 1. The quantitative estimate of drug-likeness (QED) is 0.675. The number of hydrogen-bond acceptors (Lipinski definition) is 5. The predicted octanol–water partition coefficient (Wildman–Crippen LogP) is 2.89. The number of rotatable bonds is 6. The molecule has 0 atom stereocenters. The van der Waals surface area contributed by atoms with E-state index < -0.39 is 5.91 Å². The number of phenols is 1. The van der Waals surface area contributed by atoms with Crippen LogP contribution in [0.3, 0.4) is 0 Å². The SMILES string of the molecule is COc1ccc(OCn2ccc(C(=O)Nc3ccccc3O)n2)cc1. The van der Waals surface area contributed by atoms with E-state index >= 15 is 0 Å². The van der Waals surface area contributed by atoms with Crippen molar-refractivity contribution in [2.24, 2.45) is 0 Å². The number of nitrogens with zero attached hydrogens (tertiary/aromatic N) is 2. The molecule has 0 unspecified atom stereocenters. The molecule has 0 fully saturated rings. The third-order valence-corrected chi connectivity index (χ3v) is 3.45. The molecule has 0 bridgehead atoms. The molecule has 0 aliphatic rings. The van der Waals surface area contributed by atoms with E-state index in [1.54, 1.807) is 61.8 Å². The van der Waals surface area contributed by atoms with Gasteiger partial charge in [0.2, 0.25) is 0 Å². The number of phenolic OH excluding ortho intramolecular Hbond substituents is 1. The molecule has 0 spiro atoms. The topological polar surface area (TPSA) is 85.6 Å². The molecule has 0 aliphatic carbocycles. The minimum Gasteiger partial charge on any atom is -0.506 e. The maximum absolute atomic E-state index is 12.2. The molecule has 0 saturated heterocycles. The number of carbonyl (C=O) groups excluding carboxylic acids is 1. The zero-order chi connectivity index (χ0) is 17.6. The molecular weight excluding hydrogens is 322 g/mol. The van der Waals surface area contributed by atoms with Crippen molar-refractivity contribution in [3.63, 3.8) is 0 Å². The van der Waals surface area contributed by atoms with Crippen LogP contribution in [0.2, 0.25) is 0 Å². The first-order valence-corrected chi connectivity index (χ1v) is 7.55. The maximum Gasteiger partial charge on any atom is 0.276 e. The van der Waals surface area contributed by atoms with Crippen molar-refractivity contribution in [1.29, 1.82) is 0 Å². The van der Waals surface area contributed by atoms with Gasteiger partial charge in [0.05, 0.1) is 12.8 Å². The van der Waals surface area contributed by atoms with Crippen molar-refractivity contribution in [2.45, 2.75) is 6.73 Å². The van der Waals surface area contributed by atoms with Gasteiger partial charge in [0, 0.05) is 6.20 Å². The Morgan fingerprint density at radius 2 is 1.84 bits per heavy atom. The van der Waals surface area contributed by atoms with Crippen LogP contribution in [0, 0.1) is 0 Å². The number of methoxy groups -OCH3 is 1. The zero-order valence-corrected chi connectivity index (χ0v) is 13.5. The molecule has 1 amide bonds. The van der Waals surface area contributed by atoms with Gasteiger partial charge in [0.1, 0.15) is 17.2 Å². The molecule has 25 heavy (non-hydrogen) atoms. The van der Waals surface area contributed by atoms with Crippen LogP contribution in [0.4, 0.5) is 5.69 Å². The first kappa shape index (κ1) is 16.4. The van der Waals surface area contributed by atoms with Crippen molar-refractivity contribution in [3.8, 4) is 17.2 Å². The second-order valence-electron chi connectivity index (χ2n) is 5.16. The fraction of sp³-hybridized carbons (Fsp3) is 0.111. The van der Waals surface area contributed by atoms with Gasteiger partial charge in [0.25, 0.3) is 5.91 Å². The van der Waals surface area contributed by atoms with Crippen LogP contribution in [-0.2, 0) is 6.73 Å². The van der Waals surface area contributed by atoms with Crippen LogP contribution in [0.1, 0.15) is 10.5 Å². The van der Waals surface area contributed by atoms with E-state index in [0.29, 0.717) is 11.4 Å². The Kier molecular flexibility index (Phi) is 4.84. The van der Waals surface area contributed by atoms with Crippen molar-refractivity contribution >= 4 is 11.6 Å². The normalized spacial score (nSPS) is 10.3. The smallest absolute Gasteiger partial charge is 0.276 e. The number of aromatic hydroxyl groups is 1. The Balaban J connectivity index is 1.59. The summed E-state index contributed by atoms with van der Waals surface area (Å²) in [6.07, 6.45) is 1.64. The molecular formula is C18H17N3O4. The van der Waals surface area contributed by atoms with Gasteiger partial charge >= 0.3 is 0 Å². The monoisotopic (exact) mass is 339 g/mol. The largest absolute Gasteiger partial charge is 0.506 e. The lowest BCUT2D eigenvalue weighted by atomic mass is 10.3. The summed E-state index contributed by atoms with van der Waals surface area (Å²) in [6.45, 7) is 0.163. The predicted molar refractivity (Wildman–Crippen MR) is 91.9 cm³/mol. The molecule has 128 valence electrons. The van der Waals surface area contributed by atoms with Crippen LogP contribution < -0.4 is 14.8 Å². The Bertz CT molecular complexity index is 859. The Morgan fingerprint density at radius 1 is 1.12 bits per heavy atom. The fourth-order valence-electron chi connectivity index (χ4n) is 2.13. The maximum atomic E-state index is 12.2. The second-order valence-corrected chi connectivity index (χ2v) is 5.16. The number of aromatic nitrogens is 2. The summed E-state index contributed by atoms with van der Waals surface area (Å²) in [6, 6.07) is 15.2. The summed E-state index contributed by atoms with van der Waals surface area (Å²) in [5, 5.41) is 16.5. The lowest BCUT2D eigenvalue weighted by molar-refractivity contribution is 0.102. The number of ether oxygens (including phenoxy) is 2. The lowest BCUT2D eigenvalue weighted by Gasteiger charge is -2.07. The average molecular weight is 339 g/mol. The summed E-state index contributed by atoms with van der Waals surface area (Å²) in [4.78, 5) is 12.2. The molecule has 0 radical (unpaired) electrons. The highest BCUT2D eigenvalue weighted by Gasteiger charge is 2.11. The summed E-state index contributed by atoms with van der Waals surface area (Å²) >= 11 is 0. The van der Waals surface area contributed by atoms with E-state index in [-0.39, 0.29) is 18.2 Å². The van der Waals surface area contributed by atoms with Crippen LogP contribution in [0.15, 0.2) is 60.8 Å². The summed E-state index contributed by atoms with van der Waals surface area (Å²) < 4.78 is 12.2. The van der Waals surface area contributed by atoms with Gasteiger partial charge in [-0.2, -0.15) is 5.10 Å². The molecule has 3 rings (SSSR count). The summed E-state index contributed by atoms with van der Waals surface area (Å²) in [5.41, 5.74) is 0.554. The molecule has 7 nitrogen and oxygen atoms in total. The van der Waals surface area contributed by atoms with Gasteiger partial charge in [-0.15, -0.1) is 0 Å². The Labute approximate surface area is 144 Å². The average Bonchev–Trinajstić information content (AvgIpc) is 3.11. The highest BCUT2D eigenvalue weighted by Crippen LogP contribution is 2.22. The van der Waals surface area contributed by atoms with Crippen LogP contribution in [0.25, 0.3) is 0 Å². The van der Waals surface area contributed by atoms with E-state index in [1.165, 1.54) is 10.7 Å². The number of amides is 1. The first-order chi connectivity index (χ1) is 12.2.